The summed E-state index contributed by atoms with van der Waals surface area (Å²) in [4.78, 5) is 4.76. The fourth-order valence-corrected chi connectivity index (χ4v) is 2.91. The summed E-state index contributed by atoms with van der Waals surface area (Å²) in [6.45, 7) is 0. The number of rotatable bonds is 0. The van der Waals surface area contributed by atoms with Gasteiger partial charge in [0, 0.05) is 17.4 Å². The molecule has 2 aromatic carbocycles. The summed E-state index contributed by atoms with van der Waals surface area (Å²) >= 11 is 6.22. The summed E-state index contributed by atoms with van der Waals surface area (Å²) in [6.07, 6.45) is 0.973. The van der Waals surface area contributed by atoms with Gasteiger partial charge in [0.05, 0.1) is 16.2 Å². The van der Waals surface area contributed by atoms with Crippen molar-refractivity contribution < 1.29 is 0 Å². The Morgan fingerprint density at radius 3 is 2.78 bits per heavy atom. The topological polar surface area (TPSA) is 12.9 Å². The Morgan fingerprint density at radius 2 is 1.83 bits per heavy atom. The monoisotopic (exact) mass is 251 g/mol. The third-order valence-corrected chi connectivity index (χ3v) is 3.83. The molecule has 0 fully saturated rings. The molecule has 1 heterocycles. The Morgan fingerprint density at radius 1 is 0.944 bits per heavy atom. The molecule has 1 aromatic heterocycles. The Labute approximate surface area is 110 Å². The maximum atomic E-state index is 6.22. The smallest absolute Gasteiger partial charge is 0.0895 e. The molecule has 2 heteroatoms. The van der Waals surface area contributed by atoms with Gasteiger partial charge in [0.2, 0.25) is 0 Å². The first-order valence-electron chi connectivity index (χ1n) is 5.99. The second kappa shape index (κ2) is 3.56. The van der Waals surface area contributed by atoms with Crippen molar-refractivity contribution in [3.05, 3.63) is 64.7 Å². The van der Waals surface area contributed by atoms with Crippen LogP contribution in [-0.2, 0) is 6.42 Å². The largest absolute Gasteiger partial charge is 0.246 e. The normalized spacial score (nSPS) is 12.5. The highest BCUT2D eigenvalue weighted by atomic mass is 35.5. The zero-order valence-electron chi connectivity index (χ0n) is 9.65. The van der Waals surface area contributed by atoms with Crippen molar-refractivity contribution in [3.63, 3.8) is 0 Å². The summed E-state index contributed by atoms with van der Waals surface area (Å²) in [7, 11) is 0. The molecule has 1 aliphatic carbocycles. The van der Waals surface area contributed by atoms with Gasteiger partial charge in [0.1, 0.15) is 0 Å². The van der Waals surface area contributed by atoms with Gasteiger partial charge < -0.3 is 0 Å². The third kappa shape index (κ3) is 1.31. The van der Waals surface area contributed by atoms with Crippen LogP contribution < -0.4 is 0 Å². The van der Waals surface area contributed by atoms with E-state index in [1.54, 1.807) is 0 Å². The molecule has 0 spiro atoms. The second-order valence-electron chi connectivity index (χ2n) is 4.64. The SMILES string of the molecule is Clc1cccc2cc3c(nc12)-c1ccccc1C3. The van der Waals surface area contributed by atoms with Crippen molar-refractivity contribution in [3.8, 4) is 11.3 Å². The molecule has 0 aliphatic heterocycles. The lowest BCUT2D eigenvalue weighted by Gasteiger charge is -2.04. The molecule has 86 valence electrons. The first-order valence-corrected chi connectivity index (χ1v) is 6.37. The van der Waals surface area contributed by atoms with E-state index in [-0.39, 0.29) is 0 Å². The molecule has 3 aromatic rings. The lowest BCUT2D eigenvalue weighted by Crippen LogP contribution is -1.87. The molecule has 1 aliphatic rings. The zero-order valence-corrected chi connectivity index (χ0v) is 10.4. The lowest BCUT2D eigenvalue weighted by molar-refractivity contribution is 1.25. The molecule has 18 heavy (non-hydrogen) atoms. The van der Waals surface area contributed by atoms with E-state index in [0.29, 0.717) is 0 Å². The first-order chi connectivity index (χ1) is 8.83. The van der Waals surface area contributed by atoms with Crippen molar-refractivity contribution in [2.75, 3.05) is 0 Å². The summed E-state index contributed by atoms with van der Waals surface area (Å²) in [6, 6.07) is 16.6. The first kappa shape index (κ1) is 10.1. The minimum Gasteiger partial charge on any atom is -0.246 e. The van der Waals surface area contributed by atoms with Crippen LogP contribution in [0.5, 0.6) is 0 Å². The quantitative estimate of drug-likeness (QED) is 0.450. The van der Waals surface area contributed by atoms with Gasteiger partial charge in [-0.1, -0.05) is 48.0 Å². The van der Waals surface area contributed by atoms with E-state index in [4.69, 9.17) is 16.6 Å². The van der Waals surface area contributed by atoms with Gasteiger partial charge in [-0.2, -0.15) is 0 Å². The number of nitrogens with zero attached hydrogens (tertiary/aromatic N) is 1. The van der Waals surface area contributed by atoms with E-state index in [9.17, 15) is 0 Å². The number of fused-ring (bicyclic) bond motifs is 4. The van der Waals surface area contributed by atoms with E-state index in [1.165, 1.54) is 16.7 Å². The Hall–Kier alpha value is -1.86. The van der Waals surface area contributed by atoms with Gasteiger partial charge in [-0.05, 0) is 23.3 Å². The van der Waals surface area contributed by atoms with Crippen LogP contribution in [0.2, 0.25) is 5.02 Å². The van der Waals surface area contributed by atoms with Gasteiger partial charge >= 0.3 is 0 Å². The summed E-state index contributed by atoms with van der Waals surface area (Å²) in [5.41, 5.74) is 5.88. The van der Waals surface area contributed by atoms with Crippen molar-refractivity contribution in [1.82, 2.24) is 4.98 Å². The van der Waals surface area contributed by atoms with Gasteiger partial charge in [-0.25, -0.2) is 4.98 Å². The van der Waals surface area contributed by atoms with Crippen LogP contribution in [0.3, 0.4) is 0 Å². The maximum Gasteiger partial charge on any atom is 0.0895 e. The predicted molar refractivity (Wildman–Crippen MR) is 75.0 cm³/mol. The maximum absolute atomic E-state index is 6.22. The van der Waals surface area contributed by atoms with Gasteiger partial charge in [0.15, 0.2) is 0 Å². The van der Waals surface area contributed by atoms with Crippen LogP contribution >= 0.6 is 11.6 Å². The number of pyridine rings is 1. The zero-order chi connectivity index (χ0) is 12.1. The Kier molecular flexibility index (Phi) is 2.00. The van der Waals surface area contributed by atoms with Crippen LogP contribution in [-0.4, -0.2) is 4.98 Å². The molecule has 0 N–H and O–H groups in total. The summed E-state index contributed by atoms with van der Waals surface area (Å²) in [5, 5.41) is 1.84. The van der Waals surface area contributed by atoms with Gasteiger partial charge in [0.25, 0.3) is 0 Å². The number of para-hydroxylation sites is 1. The molecule has 0 bridgehead atoms. The van der Waals surface area contributed by atoms with Crippen molar-refractivity contribution in [2.24, 2.45) is 0 Å². The highest BCUT2D eigenvalue weighted by molar-refractivity contribution is 6.35. The molecule has 1 nitrogen and oxygen atoms in total. The van der Waals surface area contributed by atoms with Crippen LogP contribution in [0, 0.1) is 0 Å². The summed E-state index contributed by atoms with van der Waals surface area (Å²) in [5.74, 6) is 0. The second-order valence-corrected chi connectivity index (χ2v) is 5.05. The molecule has 0 atom stereocenters. The van der Waals surface area contributed by atoms with Gasteiger partial charge in [-0.15, -0.1) is 0 Å². The highest BCUT2D eigenvalue weighted by Gasteiger charge is 2.20. The Balaban J connectivity index is 2.09. The molecule has 0 saturated carbocycles. The molecule has 0 amide bonds. The van der Waals surface area contributed by atoms with Crippen LogP contribution in [0.15, 0.2) is 48.5 Å². The predicted octanol–water partition coefficient (Wildman–Crippen LogP) is 4.46. The number of benzene rings is 2. The van der Waals surface area contributed by atoms with E-state index in [2.05, 4.69) is 36.4 Å². The molecule has 0 unspecified atom stereocenters. The van der Waals surface area contributed by atoms with E-state index in [1.807, 2.05) is 12.1 Å². The van der Waals surface area contributed by atoms with Crippen molar-refractivity contribution >= 4 is 22.5 Å². The average molecular weight is 252 g/mol. The van der Waals surface area contributed by atoms with Crippen molar-refractivity contribution in [2.45, 2.75) is 6.42 Å². The van der Waals surface area contributed by atoms with E-state index < -0.39 is 0 Å². The molecular formula is C16H10ClN. The molecule has 4 rings (SSSR count). The fraction of sp³-hybridized carbons (Fsp3) is 0.0625. The molecular weight excluding hydrogens is 242 g/mol. The van der Waals surface area contributed by atoms with Crippen LogP contribution in [0.25, 0.3) is 22.2 Å². The van der Waals surface area contributed by atoms with E-state index in [0.717, 1.165) is 28.0 Å². The number of hydrogen-bond acceptors (Lipinski definition) is 1. The highest BCUT2D eigenvalue weighted by Crippen LogP contribution is 2.37. The molecule has 0 radical (unpaired) electrons. The van der Waals surface area contributed by atoms with Crippen molar-refractivity contribution in [1.29, 1.82) is 0 Å². The van der Waals surface area contributed by atoms with Gasteiger partial charge in [-0.3, -0.25) is 0 Å². The van der Waals surface area contributed by atoms with Crippen LogP contribution in [0.1, 0.15) is 11.1 Å². The molecule has 0 saturated heterocycles. The minimum atomic E-state index is 0.722. The average Bonchev–Trinajstić information content (AvgIpc) is 2.75. The van der Waals surface area contributed by atoms with Crippen LogP contribution in [0.4, 0.5) is 0 Å². The number of halogens is 1. The number of hydrogen-bond donors (Lipinski definition) is 0. The Bertz CT molecular complexity index is 777. The lowest BCUT2D eigenvalue weighted by atomic mass is 10.1. The van der Waals surface area contributed by atoms with E-state index >= 15 is 0 Å². The number of aromatic nitrogens is 1. The summed E-state index contributed by atoms with van der Waals surface area (Å²) < 4.78 is 0. The minimum absolute atomic E-state index is 0.722. The standard InChI is InChI=1S/C16H10ClN/c17-14-7-3-5-11-9-12-8-10-4-1-2-6-13(10)15(12)18-16(11)14/h1-7,9H,8H2. The third-order valence-electron chi connectivity index (χ3n) is 3.53. The fourth-order valence-electron chi connectivity index (χ4n) is 2.68.